The number of amides is 1. The van der Waals surface area contributed by atoms with E-state index in [1.54, 1.807) is 12.1 Å². The number of thiol groups is 1. The maximum Gasteiger partial charge on any atom is 0.336 e. The predicted molar refractivity (Wildman–Crippen MR) is 149 cm³/mol. The van der Waals surface area contributed by atoms with Crippen molar-refractivity contribution in [2.24, 2.45) is 0 Å². The van der Waals surface area contributed by atoms with E-state index in [0.29, 0.717) is 30.0 Å². The van der Waals surface area contributed by atoms with E-state index in [0.717, 1.165) is 35.2 Å². The Hall–Kier alpha value is -3.84. The quantitative estimate of drug-likeness (QED) is 0.231. The number of aryl methyl sites for hydroxylation is 1. The van der Waals surface area contributed by atoms with Crippen LogP contribution in [0.25, 0.3) is 11.1 Å². The molecule has 7 heteroatoms. The summed E-state index contributed by atoms with van der Waals surface area (Å²) in [6, 6.07) is 26.6. The van der Waals surface area contributed by atoms with Gasteiger partial charge < -0.3 is 10.4 Å². The Morgan fingerprint density at radius 1 is 0.973 bits per heavy atom. The van der Waals surface area contributed by atoms with Gasteiger partial charge in [-0.2, -0.15) is 17.7 Å². The Morgan fingerprint density at radius 2 is 1.68 bits per heavy atom. The Kier molecular flexibility index (Phi) is 8.80. The third-order valence-corrected chi connectivity index (χ3v) is 6.68. The molecule has 0 bridgehead atoms. The number of carbonyl (C=O) groups is 2. The second kappa shape index (κ2) is 12.4. The first-order valence-corrected chi connectivity index (χ1v) is 13.1. The number of aromatic carboxylic acids is 1. The van der Waals surface area contributed by atoms with E-state index < -0.39 is 5.97 Å². The second-order valence-electron chi connectivity index (χ2n) is 9.02. The van der Waals surface area contributed by atoms with Crippen molar-refractivity contribution in [3.8, 4) is 11.1 Å². The lowest BCUT2D eigenvalue weighted by Gasteiger charge is -2.16. The van der Waals surface area contributed by atoms with Gasteiger partial charge in [0.25, 0.3) is 5.91 Å². The van der Waals surface area contributed by atoms with Gasteiger partial charge in [0.15, 0.2) is 0 Å². The lowest BCUT2D eigenvalue weighted by atomic mass is 9.99. The highest BCUT2D eigenvalue weighted by Crippen LogP contribution is 2.24. The molecule has 4 rings (SSSR count). The number of aromatic nitrogens is 2. The molecule has 0 saturated heterocycles. The smallest absolute Gasteiger partial charge is 0.336 e. The molecule has 6 nitrogen and oxygen atoms in total. The molecule has 0 spiro atoms. The van der Waals surface area contributed by atoms with Crippen molar-refractivity contribution < 1.29 is 14.7 Å². The predicted octanol–water partition coefficient (Wildman–Crippen LogP) is 5.52. The molecule has 0 aliphatic rings. The molecule has 1 atom stereocenters. The molecule has 1 heterocycles. The van der Waals surface area contributed by atoms with Gasteiger partial charge in [-0.3, -0.25) is 9.48 Å². The largest absolute Gasteiger partial charge is 0.478 e. The van der Waals surface area contributed by atoms with E-state index in [1.807, 2.05) is 77.5 Å². The summed E-state index contributed by atoms with van der Waals surface area (Å²) in [5, 5.41) is 17.2. The van der Waals surface area contributed by atoms with Gasteiger partial charge in [0, 0.05) is 17.5 Å². The van der Waals surface area contributed by atoms with E-state index in [-0.39, 0.29) is 17.5 Å². The van der Waals surface area contributed by atoms with Crippen LogP contribution in [0, 0.1) is 0 Å². The van der Waals surface area contributed by atoms with Gasteiger partial charge in [0.2, 0.25) is 0 Å². The van der Waals surface area contributed by atoms with Crippen LogP contribution in [0.1, 0.15) is 51.0 Å². The molecule has 1 aromatic heterocycles. The van der Waals surface area contributed by atoms with Gasteiger partial charge in [-0.1, -0.05) is 86.1 Å². The van der Waals surface area contributed by atoms with Crippen molar-refractivity contribution in [2.45, 2.75) is 38.8 Å². The van der Waals surface area contributed by atoms with Crippen molar-refractivity contribution in [3.63, 3.8) is 0 Å². The van der Waals surface area contributed by atoms with Crippen LogP contribution in [0.2, 0.25) is 0 Å². The van der Waals surface area contributed by atoms with Crippen molar-refractivity contribution in [1.82, 2.24) is 15.1 Å². The third kappa shape index (κ3) is 6.68. The maximum absolute atomic E-state index is 13.0. The van der Waals surface area contributed by atoms with Crippen LogP contribution in [0.15, 0.2) is 84.9 Å². The summed E-state index contributed by atoms with van der Waals surface area (Å²) in [6.07, 6.45) is 2.45. The summed E-state index contributed by atoms with van der Waals surface area (Å²) in [5.74, 6) is -0.623. The first kappa shape index (κ1) is 26.2. The fourth-order valence-corrected chi connectivity index (χ4v) is 4.58. The molecular weight excluding hydrogens is 482 g/mol. The summed E-state index contributed by atoms with van der Waals surface area (Å²) >= 11 is 4.44. The minimum Gasteiger partial charge on any atom is -0.478 e. The van der Waals surface area contributed by atoms with Crippen LogP contribution in [0.3, 0.4) is 0 Å². The van der Waals surface area contributed by atoms with E-state index in [4.69, 9.17) is 0 Å². The van der Waals surface area contributed by atoms with Crippen molar-refractivity contribution in [2.75, 3.05) is 5.75 Å². The summed E-state index contributed by atoms with van der Waals surface area (Å²) < 4.78 is 1.88. The van der Waals surface area contributed by atoms with Crippen molar-refractivity contribution in [3.05, 3.63) is 113 Å². The topological polar surface area (TPSA) is 84.2 Å². The molecule has 37 heavy (non-hydrogen) atoms. The Balaban J connectivity index is 1.49. The molecule has 3 aromatic carbocycles. The number of hydrogen-bond acceptors (Lipinski definition) is 4. The molecule has 4 aromatic rings. The van der Waals surface area contributed by atoms with E-state index in [9.17, 15) is 14.7 Å². The number of nitrogens with zero attached hydrogens (tertiary/aromatic N) is 2. The first-order chi connectivity index (χ1) is 18.0. The molecule has 0 aliphatic heterocycles. The lowest BCUT2D eigenvalue weighted by molar-refractivity contribution is 0.0697. The Labute approximate surface area is 222 Å². The zero-order valence-corrected chi connectivity index (χ0v) is 21.7. The second-order valence-corrected chi connectivity index (χ2v) is 9.38. The molecule has 0 radical (unpaired) electrons. The molecule has 0 unspecified atom stereocenters. The molecule has 0 saturated carbocycles. The Morgan fingerprint density at radius 3 is 2.35 bits per heavy atom. The fraction of sp³-hybridized carbons (Fsp3) is 0.233. The Bertz CT molecular complexity index is 1350. The average molecular weight is 514 g/mol. The number of rotatable bonds is 11. The van der Waals surface area contributed by atoms with E-state index in [1.165, 1.54) is 0 Å². The normalized spacial score (nSPS) is 11.7. The lowest BCUT2D eigenvalue weighted by Crippen LogP contribution is -2.38. The van der Waals surface area contributed by atoms with E-state index >= 15 is 0 Å². The molecule has 1 amide bonds. The minimum absolute atomic E-state index is 0.0979. The SMILES string of the molecule is CCCc1cc(C(=O)N[C@@H](CS)Cc2ccccc2)nn1Cc1ccc(-c2ccccc2C(=O)O)cc1. The van der Waals surface area contributed by atoms with Gasteiger partial charge in [-0.05, 0) is 47.2 Å². The monoisotopic (exact) mass is 513 g/mol. The first-order valence-electron chi connectivity index (χ1n) is 12.4. The summed E-state index contributed by atoms with van der Waals surface area (Å²) in [4.78, 5) is 24.6. The number of nitrogens with one attached hydrogen (secondary N) is 1. The number of carboxylic acid groups (broad SMARTS) is 1. The van der Waals surface area contributed by atoms with Crippen LogP contribution in [0.4, 0.5) is 0 Å². The van der Waals surface area contributed by atoms with Crippen LogP contribution < -0.4 is 5.32 Å². The van der Waals surface area contributed by atoms with Gasteiger partial charge in [-0.25, -0.2) is 4.79 Å². The van der Waals surface area contributed by atoms with Gasteiger partial charge >= 0.3 is 5.97 Å². The minimum atomic E-state index is -0.949. The molecule has 2 N–H and O–H groups in total. The third-order valence-electron chi connectivity index (χ3n) is 6.24. The van der Waals surface area contributed by atoms with Gasteiger partial charge in [0.05, 0.1) is 12.1 Å². The molecule has 190 valence electrons. The molecule has 0 fully saturated rings. The highest BCUT2D eigenvalue weighted by molar-refractivity contribution is 7.80. The van der Waals surface area contributed by atoms with Crippen LogP contribution in [0.5, 0.6) is 0 Å². The van der Waals surface area contributed by atoms with Gasteiger partial charge in [0.1, 0.15) is 5.69 Å². The van der Waals surface area contributed by atoms with Gasteiger partial charge in [-0.15, -0.1) is 0 Å². The standard InChI is InChI=1S/C30H31N3O3S/c1-2-8-25-18-28(29(34)31-24(20-37)17-21-9-4-3-5-10-21)32-33(25)19-22-13-15-23(16-14-22)26-11-6-7-12-27(26)30(35)36/h3-7,9-16,18,24,37H,2,8,17,19-20H2,1H3,(H,31,34)(H,35,36)/t24-/m1/s1. The van der Waals surface area contributed by atoms with E-state index in [2.05, 4.69) is 30.0 Å². The summed E-state index contributed by atoms with van der Waals surface area (Å²) in [5.41, 5.74) is 5.35. The summed E-state index contributed by atoms with van der Waals surface area (Å²) in [6.45, 7) is 2.62. The number of hydrogen-bond donors (Lipinski definition) is 3. The maximum atomic E-state index is 13.0. The molecular formula is C30H31N3O3S. The number of benzene rings is 3. The van der Waals surface area contributed by atoms with Crippen molar-refractivity contribution >= 4 is 24.5 Å². The highest BCUT2D eigenvalue weighted by Gasteiger charge is 2.18. The summed E-state index contributed by atoms with van der Waals surface area (Å²) in [7, 11) is 0. The number of carboxylic acids is 1. The van der Waals surface area contributed by atoms with Crippen LogP contribution in [-0.2, 0) is 19.4 Å². The zero-order chi connectivity index (χ0) is 26.2. The number of carbonyl (C=O) groups excluding carboxylic acids is 1. The van der Waals surface area contributed by atoms with Crippen LogP contribution >= 0.6 is 12.6 Å². The fourth-order valence-electron chi connectivity index (χ4n) is 4.36. The zero-order valence-electron chi connectivity index (χ0n) is 20.8. The average Bonchev–Trinajstić information content (AvgIpc) is 3.31. The van der Waals surface area contributed by atoms with Crippen LogP contribution in [-0.4, -0.2) is 38.6 Å². The highest BCUT2D eigenvalue weighted by atomic mass is 32.1. The van der Waals surface area contributed by atoms with Crippen molar-refractivity contribution in [1.29, 1.82) is 0 Å². The molecule has 0 aliphatic carbocycles.